The number of aliphatic hydroxyl groups excluding tert-OH is 15. The number of aryl methyl sites for hydroxylation is 4. The second-order valence-corrected chi connectivity index (χ2v) is 33.7. The molecule has 51 heteroatoms. The van der Waals surface area contributed by atoms with Gasteiger partial charge in [0.05, 0.1) is 78.3 Å². The van der Waals surface area contributed by atoms with Crippen molar-refractivity contribution >= 4 is 54.8 Å². The summed E-state index contributed by atoms with van der Waals surface area (Å²) in [6.45, 7) is 4.18. The van der Waals surface area contributed by atoms with Crippen LogP contribution < -0.4 is 61.0 Å². The fourth-order valence-electron chi connectivity index (χ4n) is 17.0. The van der Waals surface area contributed by atoms with Crippen LogP contribution in [0.5, 0.6) is 5.75 Å². The largest absolute Gasteiger partial charge is 0.496 e. The Morgan fingerprint density at radius 1 is 0.291 bits per heavy atom. The number of hydrogen-bond donors (Lipinski definition) is 15. The third kappa shape index (κ3) is 19.4. The molecule has 5 aliphatic rings. The predicted octanol–water partition coefficient (Wildman–Crippen LogP) is -4.70. The normalized spacial score (nSPS) is 24.7. The molecule has 5 saturated heterocycles. The molecule has 51 nitrogen and oxygen atoms in total. The summed E-state index contributed by atoms with van der Waals surface area (Å²) >= 11 is 0. The van der Waals surface area contributed by atoms with Gasteiger partial charge in [-0.05, 0) is 92.9 Å². The minimum Gasteiger partial charge on any atom is -0.496 e. The lowest BCUT2D eigenvalue weighted by molar-refractivity contribution is -0.0555. The fourth-order valence-corrected chi connectivity index (χ4v) is 17.0. The summed E-state index contributed by atoms with van der Waals surface area (Å²) in [4.78, 5) is 126. The summed E-state index contributed by atoms with van der Waals surface area (Å²) in [5, 5.41) is 170. The maximum atomic E-state index is 12.9. The molecular weight excluding hydrogens is 1870 g/mol. The first-order chi connectivity index (χ1) is 67.6. The lowest BCUT2D eigenvalue weighted by Gasteiger charge is -2.18. The van der Waals surface area contributed by atoms with Crippen molar-refractivity contribution in [2.75, 3.05) is 40.1 Å². The van der Waals surface area contributed by atoms with E-state index in [0.29, 0.717) is 83.7 Å². The van der Waals surface area contributed by atoms with E-state index in [1.165, 1.54) is 38.1 Å². The number of rotatable bonds is 21. The van der Waals surface area contributed by atoms with Gasteiger partial charge in [-0.2, -0.15) is 0 Å². The molecule has 0 aliphatic carbocycles. The molecule has 0 saturated carbocycles. The minimum atomic E-state index is -1.45. The van der Waals surface area contributed by atoms with Gasteiger partial charge in [-0.3, -0.25) is 69.6 Å². The first-order valence-corrected chi connectivity index (χ1v) is 43.6. The number of nitrogens with zero attached hydrogens (tertiary/aromatic N) is 15. The Balaban J connectivity index is 0.000000127. The van der Waals surface area contributed by atoms with E-state index >= 15 is 0 Å². The summed E-state index contributed by atoms with van der Waals surface area (Å²) in [7, 11) is 1.48. The second-order valence-electron chi connectivity index (χ2n) is 33.7. The zero-order chi connectivity index (χ0) is 101. The molecule has 0 amide bonds. The zero-order valence-corrected chi connectivity index (χ0v) is 75.0. The Morgan fingerprint density at radius 2 is 0.589 bits per heavy atom. The van der Waals surface area contributed by atoms with Gasteiger partial charge in [0.1, 0.15) is 126 Å². The number of ether oxygens (including phenoxy) is 6. The monoisotopic (exact) mass is 1960 g/mol. The standard InChI is InChI=1S/C18H19N3O8.4C18H19N3O7/c1-27-10-3-2-4-11-14(10)9(19-29-11)7-21-13(23)5-6-20(18(21)26)17-16(25)15(24)12(8-22)28-17;1-9-2-3-12-10(6-9)11(19-28-12)7-21-14(23)4-5-20(18(21)26)17-16(25)15(24)13(8-22)27-17;1-9-2-3-10-11(19-28-12(10)6-9)7-21-14(23)4-5-20(18(21)26)17-16(25)15(24)13(8-22)27-17;1-9-3-2-4-11-14(9)10(19-28-11)7-21-13(23)5-6-20(18(21)26)17-16(25)15(24)12(8-22)27-17;1-9-3-2-4-10-11(19-28-16(9)10)7-21-13(23)5-6-20(18(21)26)17-15(25)14(24)12(8-22)27-17/h2-6,12,15-17,22,24-25H,7-8H2,1H3;2*2-6,13,15-17,22,24-25H,7-8H2,1H3;2-6,12,15-17,22,24-25H,7-8H2,1H3;2-6,12,14-15,17,22,24-25H,7-8H2,1H3/t12-,15+,16?,17-;2*13-,15+,16?,17-;12-,15+,16?,17-;12-,14+,15?,17-/m11111/s1. The first-order valence-electron chi connectivity index (χ1n) is 43.6. The quantitative estimate of drug-likeness (QED) is 0.0321. The summed E-state index contributed by atoms with van der Waals surface area (Å²) < 4.78 is 68.3. The van der Waals surface area contributed by atoms with Crippen molar-refractivity contribution in [1.82, 2.24) is 71.5 Å². The molecular formula is C90H95N15O36. The molecule has 15 N–H and O–H groups in total. The topological polar surface area (TPSA) is 709 Å². The lowest BCUT2D eigenvalue weighted by Crippen LogP contribution is -2.43. The van der Waals surface area contributed by atoms with E-state index in [1.807, 2.05) is 70.2 Å². The molecule has 746 valence electrons. The highest BCUT2D eigenvalue weighted by atomic mass is 16.6. The van der Waals surface area contributed by atoms with Crippen molar-refractivity contribution in [3.05, 3.63) is 307 Å². The molecule has 5 fully saturated rings. The fraction of sp³-hybridized carbons (Fsp3) is 0.389. The van der Waals surface area contributed by atoms with Crippen LogP contribution in [0.25, 0.3) is 54.8 Å². The Bertz CT molecular complexity index is 7660. The van der Waals surface area contributed by atoms with E-state index in [-0.39, 0.29) is 32.7 Å². The van der Waals surface area contributed by atoms with Crippen molar-refractivity contribution in [3.63, 3.8) is 0 Å². The van der Waals surface area contributed by atoms with E-state index in [4.69, 9.17) is 51.0 Å². The average molecular weight is 1960 g/mol. The predicted molar refractivity (Wildman–Crippen MR) is 481 cm³/mol. The van der Waals surface area contributed by atoms with Gasteiger partial charge in [0, 0.05) is 82.9 Å². The van der Waals surface area contributed by atoms with Crippen LogP contribution in [-0.4, -0.2) is 280 Å². The molecule has 0 bridgehead atoms. The van der Waals surface area contributed by atoms with Crippen LogP contribution in [0.1, 0.15) is 81.9 Å². The summed E-state index contributed by atoms with van der Waals surface area (Å²) in [6, 6.07) is 32.7. The number of benzene rings is 5. The van der Waals surface area contributed by atoms with Gasteiger partial charge < -0.3 is 128 Å². The number of methoxy groups -OCH3 is 1. The Morgan fingerprint density at radius 3 is 0.965 bits per heavy atom. The van der Waals surface area contributed by atoms with Crippen molar-refractivity contribution < 1.29 is 128 Å². The van der Waals surface area contributed by atoms with E-state index in [9.17, 15) is 125 Å². The molecule has 15 heterocycles. The highest BCUT2D eigenvalue weighted by Crippen LogP contribution is 2.36. The molecule has 141 heavy (non-hydrogen) atoms. The van der Waals surface area contributed by atoms with E-state index in [0.717, 1.165) is 104 Å². The van der Waals surface area contributed by atoms with Crippen molar-refractivity contribution in [3.8, 4) is 5.75 Å². The van der Waals surface area contributed by atoms with Crippen LogP contribution in [0.3, 0.4) is 0 Å². The number of hydrogen-bond acceptors (Lipinski definition) is 41. The van der Waals surface area contributed by atoms with E-state index in [2.05, 4.69) is 25.8 Å². The maximum absolute atomic E-state index is 12.9. The Hall–Kier alpha value is -14.2. The number of fused-ring (bicyclic) bond motifs is 5. The smallest absolute Gasteiger partial charge is 0.333 e. The van der Waals surface area contributed by atoms with Crippen LogP contribution in [0.2, 0.25) is 0 Å². The first kappa shape index (κ1) is 99.8. The van der Waals surface area contributed by atoms with Crippen molar-refractivity contribution in [2.45, 2.75) is 183 Å². The second kappa shape index (κ2) is 41.7. The van der Waals surface area contributed by atoms with Crippen LogP contribution in [-0.2, 0) is 56.4 Å². The Kier molecular flexibility index (Phi) is 29.5. The Labute approximate surface area is 786 Å². The van der Waals surface area contributed by atoms with Gasteiger partial charge >= 0.3 is 28.4 Å². The molecule has 5 aromatic carbocycles. The van der Waals surface area contributed by atoms with Gasteiger partial charge in [0.25, 0.3) is 27.8 Å². The van der Waals surface area contributed by atoms with Crippen LogP contribution in [0.4, 0.5) is 0 Å². The molecule has 20 atom stereocenters. The zero-order valence-electron chi connectivity index (χ0n) is 75.0. The van der Waals surface area contributed by atoms with E-state index in [1.54, 1.807) is 48.5 Å². The lowest BCUT2D eigenvalue weighted by atomic mass is 10.1. The van der Waals surface area contributed by atoms with Gasteiger partial charge in [-0.1, -0.05) is 73.8 Å². The van der Waals surface area contributed by atoms with Gasteiger partial charge in [-0.25, -0.2) is 24.0 Å². The van der Waals surface area contributed by atoms with Crippen LogP contribution in [0.15, 0.2) is 223 Å². The molecule has 15 aromatic rings. The summed E-state index contributed by atoms with van der Waals surface area (Å²) in [5.74, 6) is 0.478. The molecule has 10 aromatic heterocycles. The van der Waals surface area contributed by atoms with Crippen LogP contribution in [0, 0.1) is 27.7 Å². The van der Waals surface area contributed by atoms with E-state index < -0.39 is 212 Å². The van der Waals surface area contributed by atoms with Gasteiger partial charge in [0.2, 0.25) is 0 Å². The summed E-state index contributed by atoms with van der Waals surface area (Å²) in [6.07, 6.45) is -19.4. The molecule has 0 spiro atoms. The molecule has 5 aliphatic heterocycles. The maximum Gasteiger partial charge on any atom is 0.333 e. The third-order valence-electron chi connectivity index (χ3n) is 24.7. The van der Waals surface area contributed by atoms with Crippen molar-refractivity contribution in [1.29, 1.82) is 0 Å². The molecule has 0 radical (unpaired) electrons. The third-order valence-corrected chi connectivity index (χ3v) is 24.7. The summed E-state index contributed by atoms with van der Waals surface area (Å²) in [5.41, 5.74) is 1.75. The molecule has 5 unspecified atom stereocenters. The van der Waals surface area contributed by atoms with Crippen molar-refractivity contribution in [2.24, 2.45) is 0 Å². The number of para-hydroxylation sites is 1. The number of aliphatic hydroxyl groups is 15. The highest BCUT2D eigenvalue weighted by molar-refractivity contribution is 5.87. The minimum absolute atomic E-state index is 0.134. The SMILES string of the molecule is COc1cccc2onc(Cn3c(=O)ccn([C@@H]4O[C@H](CO)[C@H](O)C4O)c3=O)c12.Cc1ccc2c(Cn3c(=O)ccn([C@@H]4O[C@H](CO)[C@H](O)C4O)c3=O)noc2c1.Cc1ccc2onc(Cn3c(=O)ccn([C@@H]4O[C@H](CO)[C@H](O)C4O)c3=O)c2c1.Cc1cccc2c(Cn3c(=O)ccn([C@@H]4O[C@H](CO)[C@H](O)C4O)c3=O)noc12.Cc1cccc2onc(Cn3c(=O)ccn([C@@H]4O[C@H](CO)[C@H](O)C4O)c3=O)c12. The molecule has 20 rings (SSSR count). The van der Waals surface area contributed by atoms with Gasteiger partial charge in [-0.15, -0.1) is 0 Å². The highest BCUT2D eigenvalue weighted by Gasteiger charge is 2.49. The average Bonchev–Trinajstić information content (AvgIpc) is 1.65. The van der Waals surface area contributed by atoms with Gasteiger partial charge in [0.15, 0.2) is 59.1 Å². The number of aromatic nitrogens is 15. The van der Waals surface area contributed by atoms with Crippen LogP contribution >= 0.6 is 0 Å².